The van der Waals surface area contributed by atoms with Crippen molar-refractivity contribution >= 4 is 75.0 Å². The lowest BCUT2D eigenvalue weighted by Gasteiger charge is -2.30. The van der Waals surface area contributed by atoms with E-state index in [1.54, 1.807) is 44.6 Å². The highest BCUT2D eigenvalue weighted by Crippen LogP contribution is 2.39. The zero-order valence-electron chi connectivity index (χ0n) is 32.3. The Kier molecular flexibility index (Phi) is 12.8. The third-order valence-corrected chi connectivity index (χ3v) is 10.7. The van der Waals surface area contributed by atoms with E-state index < -0.39 is 5.97 Å². The van der Waals surface area contributed by atoms with E-state index in [4.69, 9.17) is 52.9 Å². The van der Waals surface area contributed by atoms with Crippen molar-refractivity contribution in [2.45, 2.75) is 12.8 Å². The number of carbonyl (C=O) groups excluding carboxylic acids is 2. The van der Waals surface area contributed by atoms with Gasteiger partial charge >= 0.3 is 11.9 Å². The van der Waals surface area contributed by atoms with Crippen LogP contribution in [0.5, 0.6) is 28.7 Å². The highest BCUT2D eigenvalue weighted by molar-refractivity contribution is 7.82. The number of nitrogens with zero attached hydrogens (tertiary/aromatic N) is 3. The fourth-order valence-electron chi connectivity index (χ4n) is 6.67. The number of hydrogen-bond donors (Lipinski definition) is 0. The number of benzene rings is 4. The van der Waals surface area contributed by atoms with Crippen LogP contribution < -0.4 is 28.6 Å². The number of piperidine rings is 1. The average molecular weight is 796 g/mol. The summed E-state index contributed by atoms with van der Waals surface area (Å²) in [7, 11) is 10.2. The SMILES string of the molecule is COc1ccc(/C=C\c2cc(OC)c(OC)c(OC)c2)cc1OC(=O)/C=C/N1CCC(COC(=O)CN2C(=S)c3cc4ccc(N(C)C)cc4cc3C2=S)CC1. The van der Waals surface area contributed by atoms with E-state index in [-0.39, 0.29) is 18.4 Å². The topological polar surface area (TPSA) is 99.2 Å². The van der Waals surface area contributed by atoms with Crippen molar-refractivity contribution in [3.8, 4) is 28.7 Å². The van der Waals surface area contributed by atoms with Gasteiger partial charge < -0.3 is 43.1 Å². The second-order valence-corrected chi connectivity index (χ2v) is 14.4. The van der Waals surface area contributed by atoms with Crippen LogP contribution in [0.4, 0.5) is 5.69 Å². The summed E-state index contributed by atoms with van der Waals surface area (Å²) in [5, 5.41) is 2.12. The van der Waals surface area contributed by atoms with Gasteiger partial charge in [-0.15, -0.1) is 0 Å². The summed E-state index contributed by atoms with van der Waals surface area (Å²) >= 11 is 11.5. The second kappa shape index (κ2) is 17.9. The summed E-state index contributed by atoms with van der Waals surface area (Å²) in [6, 6.07) is 19.4. The number of hydrogen-bond acceptors (Lipinski definition) is 12. The Labute approximate surface area is 338 Å². The Bertz CT molecular complexity index is 2190. The molecule has 1 fully saturated rings. The van der Waals surface area contributed by atoms with Crippen LogP contribution in [0.3, 0.4) is 0 Å². The van der Waals surface area contributed by atoms with Crippen LogP contribution in [0.2, 0.25) is 0 Å². The summed E-state index contributed by atoms with van der Waals surface area (Å²) < 4.78 is 33.2. The number of methoxy groups -OCH3 is 4. The van der Waals surface area contributed by atoms with Crippen molar-refractivity contribution in [1.29, 1.82) is 0 Å². The molecule has 4 aromatic carbocycles. The number of likely N-dealkylation sites (tertiary alicyclic amines) is 1. The first-order chi connectivity index (χ1) is 27.0. The van der Waals surface area contributed by atoms with Gasteiger partial charge in [-0.05, 0) is 89.2 Å². The molecule has 2 aliphatic heterocycles. The fraction of sp³-hybridized carbons (Fsp3) is 0.302. The first-order valence-electron chi connectivity index (χ1n) is 18.1. The molecule has 1 saturated heterocycles. The van der Waals surface area contributed by atoms with Gasteiger partial charge in [0.1, 0.15) is 16.5 Å². The molecule has 11 nitrogen and oxygen atoms in total. The second-order valence-electron chi connectivity index (χ2n) is 13.6. The number of thiocarbonyl (C=S) groups is 2. The number of anilines is 1. The van der Waals surface area contributed by atoms with Gasteiger partial charge in [-0.25, -0.2) is 4.79 Å². The van der Waals surface area contributed by atoms with Crippen LogP contribution in [-0.4, -0.2) is 100 Å². The van der Waals surface area contributed by atoms with Crippen LogP contribution in [0, 0.1) is 5.92 Å². The Hall–Kier alpha value is -5.66. The molecule has 0 unspecified atom stereocenters. The molecule has 2 aliphatic rings. The summed E-state index contributed by atoms with van der Waals surface area (Å²) in [4.78, 5) is 32.7. The highest BCUT2D eigenvalue weighted by Gasteiger charge is 2.32. The standard InChI is InChI=1S/C43H45N3O8S2/c1-44(2)32-11-10-30-23-33-34(24-31(30)22-32)43(56)46(42(33)55)25-40(48)53-26-28-13-16-45(17-14-28)18-15-39(47)54-36-19-27(9-12-35(36)49-3)7-8-29-20-37(50-4)41(52-6)38(21-29)51-5/h7-12,15,18-24,28H,13-14,16-17,25-26H2,1-6H3/b8-7-,18-15+. The maximum Gasteiger partial charge on any atom is 0.337 e. The zero-order chi connectivity index (χ0) is 39.9. The lowest BCUT2D eigenvalue weighted by Crippen LogP contribution is -2.36. The first kappa shape index (κ1) is 40.0. The number of carbonyl (C=O) groups is 2. The number of fused-ring (bicyclic) bond motifs is 2. The minimum Gasteiger partial charge on any atom is -0.493 e. The average Bonchev–Trinajstić information content (AvgIpc) is 3.43. The third kappa shape index (κ3) is 9.06. The smallest absolute Gasteiger partial charge is 0.337 e. The molecular formula is C43H45N3O8S2. The minimum absolute atomic E-state index is 0.0353. The Morgan fingerprint density at radius 1 is 0.750 bits per heavy atom. The predicted octanol–water partition coefficient (Wildman–Crippen LogP) is 7.15. The van der Waals surface area contributed by atoms with Gasteiger partial charge in [0, 0.05) is 56.3 Å². The van der Waals surface area contributed by atoms with E-state index in [0.717, 1.165) is 51.6 Å². The maximum absolute atomic E-state index is 13.0. The van der Waals surface area contributed by atoms with E-state index in [2.05, 4.69) is 28.0 Å². The van der Waals surface area contributed by atoms with Crippen molar-refractivity contribution in [3.05, 3.63) is 95.2 Å². The quantitative estimate of drug-likeness (QED) is 0.0425. The molecule has 56 heavy (non-hydrogen) atoms. The molecule has 0 N–H and O–H groups in total. The fourth-order valence-corrected chi connectivity index (χ4v) is 7.38. The van der Waals surface area contributed by atoms with Crippen molar-refractivity contribution in [3.63, 3.8) is 0 Å². The molecular weight excluding hydrogens is 751 g/mol. The van der Waals surface area contributed by atoms with E-state index in [1.807, 2.05) is 56.6 Å². The van der Waals surface area contributed by atoms with Crippen molar-refractivity contribution in [2.75, 3.05) is 73.7 Å². The lowest BCUT2D eigenvalue weighted by atomic mass is 9.98. The number of esters is 2. The molecule has 2 heterocycles. The molecule has 0 atom stereocenters. The van der Waals surface area contributed by atoms with E-state index in [0.29, 0.717) is 58.4 Å². The van der Waals surface area contributed by atoms with E-state index >= 15 is 0 Å². The largest absolute Gasteiger partial charge is 0.493 e. The normalized spacial score (nSPS) is 14.4. The van der Waals surface area contributed by atoms with Gasteiger partial charge in [0.15, 0.2) is 23.0 Å². The zero-order valence-corrected chi connectivity index (χ0v) is 34.0. The lowest BCUT2D eigenvalue weighted by molar-refractivity contribution is -0.145. The molecule has 0 radical (unpaired) electrons. The molecule has 13 heteroatoms. The monoisotopic (exact) mass is 795 g/mol. The Morgan fingerprint density at radius 2 is 1.38 bits per heavy atom. The van der Waals surface area contributed by atoms with Crippen LogP contribution in [0.15, 0.2) is 72.9 Å². The molecule has 0 spiro atoms. The van der Waals surface area contributed by atoms with E-state index in [9.17, 15) is 9.59 Å². The van der Waals surface area contributed by atoms with Gasteiger partial charge in [0.25, 0.3) is 0 Å². The molecule has 0 aliphatic carbocycles. The van der Waals surface area contributed by atoms with Gasteiger partial charge in [0.2, 0.25) is 5.75 Å². The molecule has 6 rings (SSSR count). The summed E-state index contributed by atoms with van der Waals surface area (Å²) in [5.41, 5.74) is 4.43. The maximum atomic E-state index is 13.0. The van der Waals surface area contributed by atoms with Gasteiger partial charge in [0.05, 0.1) is 35.0 Å². The highest BCUT2D eigenvalue weighted by atomic mass is 32.1. The van der Waals surface area contributed by atoms with Crippen molar-refractivity contribution < 1.29 is 38.0 Å². The number of ether oxygens (including phenoxy) is 6. The molecule has 0 saturated carbocycles. The number of rotatable bonds is 14. The van der Waals surface area contributed by atoms with Gasteiger partial charge in [-0.2, -0.15) is 0 Å². The molecule has 292 valence electrons. The molecule has 0 amide bonds. The van der Waals surface area contributed by atoms with Gasteiger partial charge in [-0.1, -0.05) is 48.7 Å². The van der Waals surface area contributed by atoms with Crippen LogP contribution in [0.25, 0.3) is 22.9 Å². The molecule has 4 aromatic rings. The molecule has 0 bridgehead atoms. The van der Waals surface area contributed by atoms with Crippen LogP contribution in [-0.2, 0) is 14.3 Å². The summed E-state index contributed by atoms with van der Waals surface area (Å²) in [6.45, 7) is 1.68. The van der Waals surface area contributed by atoms with Crippen molar-refractivity contribution in [1.82, 2.24) is 9.80 Å². The Morgan fingerprint density at radius 3 is 2.00 bits per heavy atom. The third-order valence-electron chi connectivity index (χ3n) is 9.82. The van der Waals surface area contributed by atoms with Gasteiger partial charge in [-0.3, -0.25) is 4.79 Å². The van der Waals surface area contributed by atoms with Crippen LogP contribution in [0.1, 0.15) is 35.1 Å². The van der Waals surface area contributed by atoms with Crippen molar-refractivity contribution in [2.24, 2.45) is 5.92 Å². The summed E-state index contributed by atoms with van der Waals surface area (Å²) in [5.74, 6) is 1.60. The summed E-state index contributed by atoms with van der Waals surface area (Å²) in [6.07, 6.45) is 8.52. The van der Waals surface area contributed by atoms with Crippen LogP contribution >= 0.6 is 24.4 Å². The van der Waals surface area contributed by atoms with E-state index in [1.165, 1.54) is 13.2 Å². The Balaban J connectivity index is 0.974. The minimum atomic E-state index is -0.531. The predicted molar refractivity (Wildman–Crippen MR) is 226 cm³/mol. The first-order valence-corrected chi connectivity index (χ1v) is 18.9. The molecule has 0 aromatic heterocycles.